The molecule has 0 aliphatic heterocycles. The van der Waals surface area contributed by atoms with Crippen LogP contribution in [0.2, 0.25) is 0 Å². The summed E-state index contributed by atoms with van der Waals surface area (Å²) in [5.41, 5.74) is 0. The van der Waals surface area contributed by atoms with Gasteiger partial charge in [0.15, 0.2) is 0 Å². The maximum Gasteiger partial charge on any atom is 0.305 e. The highest BCUT2D eigenvalue weighted by Crippen LogP contribution is 2.09. The predicted molar refractivity (Wildman–Crippen MR) is 101 cm³/mol. The highest BCUT2D eigenvalue weighted by Gasteiger charge is 2.03. The Kier molecular flexibility index (Phi) is 17.0. The largest absolute Gasteiger partial charge is 0.466 e. The third-order valence-corrected chi connectivity index (χ3v) is 4.10. The summed E-state index contributed by atoms with van der Waals surface area (Å²) in [5, 5.41) is 0. The first-order chi connectivity index (χ1) is 11.2. The fraction of sp³-hybridized carbons (Fsp3) is 0.857. The van der Waals surface area contributed by atoms with Crippen molar-refractivity contribution in [3.8, 4) is 0 Å². The fourth-order valence-electron chi connectivity index (χ4n) is 2.47. The molecule has 0 unspecified atom stereocenters. The van der Waals surface area contributed by atoms with Crippen molar-refractivity contribution in [3.63, 3.8) is 0 Å². The number of carbonyl (C=O) groups is 1. The van der Waals surface area contributed by atoms with Crippen LogP contribution >= 0.6 is 0 Å². The minimum Gasteiger partial charge on any atom is -0.466 e. The molecule has 0 radical (unpaired) electrons. The number of unbranched alkanes of at least 4 members (excludes halogenated alkanes) is 9. The average Bonchev–Trinajstić information content (AvgIpc) is 2.51. The topological polar surface area (TPSA) is 26.3 Å². The molecule has 0 atom stereocenters. The van der Waals surface area contributed by atoms with Gasteiger partial charge in [-0.05, 0) is 44.4 Å². The van der Waals surface area contributed by atoms with Crippen LogP contribution in [0.15, 0.2) is 12.2 Å². The Balaban J connectivity index is 3.21. The third-order valence-electron chi connectivity index (χ3n) is 4.10. The molecule has 0 bridgehead atoms. The number of ether oxygens (including phenoxy) is 1. The van der Waals surface area contributed by atoms with E-state index >= 15 is 0 Å². The Morgan fingerprint density at radius 1 is 0.870 bits per heavy atom. The zero-order valence-electron chi connectivity index (χ0n) is 15.9. The van der Waals surface area contributed by atoms with E-state index in [1.807, 2.05) is 0 Å². The van der Waals surface area contributed by atoms with Crippen LogP contribution in [0.25, 0.3) is 0 Å². The summed E-state index contributed by atoms with van der Waals surface area (Å²) in [7, 11) is 0. The molecule has 0 saturated carbocycles. The standard InChI is InChI=1S/C21H40O2/c1-4-5-6-7-8-9-10-11-12-13-14-15-16-17-21(22)23-19-18-20(2)3/h9-10,20H,4-8,11-19H2,1-3H3. The second-order valence-electron chi connectivity index (χ2n) is 7.03. The lowest BCUT2D eigenvalue weighted by Gasteiger charge is -2.06. The molecule has 0 saturated heterocycles. The first kappa shape index (κ1) is 22.2. The molecule has 0 aliphatic carbocycles. The highest BCUT2D eigenvalue weighted by atomic mass is 16.5. The van der Waals surface area contributed by atoms with E-state index in [9.17, 15) is 4.79 Å². The third kappa shape index (κ3) is 19.2. The van der Waals surface area contributed by atoms with Crippen molar-refractivity contribution in [1.82, 2.24) is 0 Å². The van der Waals surface area contributed by atoms with Gasteiger partial charge in [-0.2, -0.15) is 0 Å². The smallest absolute Gasteiger partial charge is 0.305 e. The number of carbonyl (C=O) groups excluding carboxylic acids is 1. The molecular weight excluding hydrogens is 284 g/mol. The molecule has 0 amide bonds. The number of rotatable bonds is 16. The summed E-state index contributed by atoms with van der Waals surface area (Å²) >= 11 is 0. The van der Waals surface area contributed by atoms with Gasteiger partial charge in [-0.1, -0.05) is 71.4 Å². The SMILES string of the molecule is CCCCCCC=CCCCCCCCC(=O)OCCC(C)C. The number of hydrogen-bond donors (Lipinski definition) is 0. The van der Waals surface area contributed by atoms with E-state index < -0.39 is 0 Å². The minimum absolute atomic E-state index is 0.0170. The summed E-state index contributed by atoms with van der Waals surface area (Å²) in [6.07, 6.45) is 20.1. The summed E-state index contributed by atoms with van der Waals surface area (Å²) < 4.78 is 5.21. The minimum atomic E-state index is -0.0170. The lowest BCUT2D eigenvalue weighted by molar-refractivity contribution is -0.144. The second kappa shape index (κ2) is 17.6. The van der Waals surface area contributed by atoms with Crippen LogP contribution in [0, 0.1) is 5.92 Å². The molecule has 0 aromatic heterocycles. The molecule has 0 aromatic rings. The van der Waals surface area contributed by atoms with Crippen LogP contribution in [0.3, 0.4) is 0 Å². The van der Waals surface area contributed by atoms with Crippen LogP contribution in [0.4, 0.5) is 0 Å². The predicted octanol–water partition coefficient (Wildman–Crippen LogP) is 6.83. The van der Waals surface area contributed by atoms with Gasteiger partial charge in [0, 0.05) is 6.42 Å². The van der Waals surface area contributed by atoms with Crippen molar-refractivity contribution in [1.29, 1.82) is 0 Å². The van der Waals surface area contributed by atoms with E-state index in [4.69, 9.17) is 4.74 Å². The van der Waals surface area contributed by atoms with Gasteiger partial charge in [-0.3, -0.25) is 4.79 Å². The summed E-state index contributed by atoms with van der Waals surface area (Å²) in [6.45, 7) is 7.14. The van der Waals surface area contributed by atoms with Gasteiger partial charge in [0.05, 0.1) is 6.61 Å². The molecule has 2 nitrogen and oxygen atoms in total. The van der Waals surface area contributed by atoms with Crippen LogP contribution in [0.5, 0.6) is 0 Å². The first-order valence-electron chi connectivity index (χ1n) is 9.97. The lowest BCUT2D eigenvalue weighted by Crippen LogP contribution is -2.07. The van der Waals surface area contributed by atoms with Gasteiger partial charge >= 0.3 is 5.97 Å². The van der Waals surface area contributed by atoms with Crippen molar-refractivity contribution >= 4 is 5.97 Å². The summed E-state index contributed by atoms with van der Waals surface area (Å²) in [4.78, 5) is 11.5. The van der Waals surface area contributed by atoms with Crippen molar-refractivity contribution in [3.05, 3.63) is 12.2 Å². The van der Waals surface area contributed by atoms with Crippen LogP contribution in [-0.2, 0) is 9.53 Å². The maximum absolute atomic E-state index is 11.5. The molecule has 2 heteroatoms. The molecule has 0 heterocycles. The molecule has 136 valence electrons. The lowest BCUT2D eigenvalue weighted by atomic mass is 10.1. The van der Waals surface area contributed by atoms with E-state index in [2.05, 4.69) is 32.9 Å². The van der Waals surface area contributed by atoms with Crippen LogP contribution < -0.4 is 0 Å². The molecular formula is C21H40O2. The maximum atomic E-state index is 11.5. The average molecular weight is 325 g/mol. The Labute approximate surface area is 145 Å². The summed E-state index contributed by atoms with van der Waals surface area (Å²) in [6, 6.07) is 0. The van der Waals surface area contributed by atoms with Gasteiger partial charge in [0.25, 0.3) is 0 Å². The number of hydrogen-bond acceptors (Lipinski definition) is 2. The highest BCUT2D eigenvalue weighted by molar-refractivity contribution is 5.69. The molecule has 23 heavy (non-hydrogen) atoms. The van der Waals surface area contributed by atoms with Crippen LogP contribution in [0.1, 0.15) is 104 Å². The molecule has 0 N–H and O–H groups in total. The second-order valence-corrected chi connectivity index (χ2v) is 7.03. The number of allylic oxidation sites excluding steroid dienone is 2. The quantitative estimate of drug-likeness (QED) is 0.177. The van der Waals surface area contributed by atoms with Gasteiger partial charge in [0.1, 0.15) is 0 Å². The zero-order valence-corrected chi connectivity index (χ0v) is 15.9. The molecule has 0 spiro atoms. The zero-order chi connectivity index (χ0) is 17.2. The Bertz CT molecular complexity index is 282. The molecule has 0 aromatic carbocycles. The van der Waals surface area contributed by atoms with E-state index in [-0.39, 0.29) is 5.97 Å². The Morgan fingerprint density at radius 3 is 2.04 bits per heavy atom. The van der Waals surface area contributed by atoms with Crippen molar-refractivity contribution < 1.29 is 9.53 Å². The van der Waals surface area contributed by atoms with E-state index in [0.29, 0.717) is 18.9 Å². The molecule has 0 aliphatic rings. The van der Waals surface area contributed by atoms with Crippen molar-refractivity contribution in [2.24, 2.45) is 5.92 Å². The Morgan fingerprint density at radius 2 is 1.43 bits per heavy atom. The van der Waals surface area contributed by atoms with E-state index in [0.717, 1.165) is 19.3 Å². The van der Waals surface area contributed by atoms with Gasteiger partial charge in [-0.15, -0.1) is 0 Å². The van der Waals surface area contributed by atoms with Crippen LogP contribution in [-0.4, -0.2) is 12.6 Å². The van der Waals surface area contributed by atoms with E-state index in [1.54, 1.807) is 0 Å². The van der Waals surface area contributed by atoms with E-state index in [1.165, 1.54) is 57.8 Å². The first-order valence-corrected chi connectivity index (χ1v) is 9.97. The number of esters is 1. The molecule has 0 fully saturated rings. The monoisotopic (exact) mass is 324 g/mol. The van der Waals surface area contributed by atoms with Gasteiger partial charge < -0.3 is 4.74 Å². The molecule has 0 rings (SSSR count). The van der Waals surface area contributed by atoms with Crippen molar-refractivity contribution in [2.75, 3.05) is 6.61 Å². The van der Waals surface area contributed by atoms with Crippen molar-refractivity contribution in [2.45, 2.75) is 104 Å². The normalized spacial score (nSPS) is 11.5. The van der Waals surface area contributed by atoms with Gasteiger partial charge in [-0.25, -0.2) is 0 Å². The Hall–Kier alpha value is -0.790. The fourth-order valence-corrected chi connectivity index (χ4v) is 2.47. The van der Waals surface area contributed by atoms with Gasteiger partial charge in [0.2, 0.25) is 0 Å². The summed E-state index contributed by atoms with van der Waals surface area (Å²) in [5.74, 6) is 0.588.